The van der Waals surface area contributed by atoms with Crippen molar-refractivity contribution in [1.29, 1.82) is 0 Å². The van der Waals surface area contributed by atoms with Gasteiger partial charge in [-0.25, -0.2) is 0 Å². The second kappa shape index (κ2) is 5.12. The van der Waals surface area contributed by atoms with Crippen LogP contribution in [0.25, 0.3) is 0 Å². The lowest BCUT2D eigenvalue weighted by Gasteiger charge is -2.39. The van der Waals surface area contributed by atoms with Gasteiger partial charge in [-0.3, -0.25) is 0 Å². The van der Waals surface area contributed by atoms with E-state index in [1.54, 1.807) is 32.0 Å². The minimum Gasteiger partial charge on any atom is -0.468 e. The van der Waals surface area contributed by atoms with Crippen LogP contribution >= 0.6 is 0 Å². The molecule has 0 unspecified atom stereocenters. The van der Waals surface area contributed by atoms with Crippen molar-refractivity contribution in [2.24, 2.45) is 0 Å². The van der Waals surface area contributed by atoms with Gasteiger partial charge in [0, 0.05) is 0 Å². The van der Waals surface area contributed by atoms with E-state index in [-0.39, 0.29) is 0 Å². The van der Waals surface area contributed by atoms with Gasteiger partial charge in [-0.15, -0.1) is 0 Å². The molecule has 0 aromatic heterocycles. The molecule has 2 rings (SSSR count). The molecular weight excluding hydrogens is 255 g/mol. The fraction of sp³-hybridized carbons (Fsp3) is 0.500. The Kier molecular flexibility index (Phi) is 4.03. The molecule has 1 aliphatic heterocycles. The van der Waals surface area contributed by atoms with E-state index in [0.717, 1.165) is 0 Å². The third-order valence-corrected chi connectivity index (χ3v) is 3.23. The van der Waals surface area contributed by atoms with E-state index in [9.17, 15) is 0 Å². The number of ether oxygens (including phenoxy) is 2. The average molecular weight is 266 g/mol. The summed E-state index contributed by atoms with van der Waals surface area (Å²) in [5.41, 5.74) is -1.10. The van der Waals surface area contributed by atoms with Gasteiger partial charge in [-0.05, 0) is 18.2 Å². The van der Waals surface area contributed by atoms with Gasteiger partial charge in [-0.2, -0.15) is 0 Å². The molecule has 1 aromatic rings. The van der Waals surface area contributed by atoms with Gasteiger partial charge in [0.05, 0.1) is 31.4 Å². The van der Waals surface area contributed by atoms with Gasteiger partial charge in [-0.1, -0.05) is 36.0 Å². The lowest BCUT2D eigenvalue weighted by molar-refractivity contribution is 0.0833. The molecule has 94 valence electrons. The molecule has 12 radical (unpaired) electrons. The molecule has 21 heavy (non-hydrogen) atoms. The highest BCUT2D eigenvalue weighted by Crippen LogP contribution is 2.39. The van der Waals surface area contributed by atoms with Crippen molar-refractivity contribution >= 4 is 47.1 Å². The molecular formula is C12H11B6NO2. The lowest BCUT2D eigenvalue weighted by Crippen LogP contribution is -2.57. The number of nitrogens with one attached hydrogen (secondary N) is 1. The van der Waals surface area contributed by atoms with E-state index < -0.39 is 22.2 Å². The van der Waals surface area contributed by atoms with Crippen molar-refractivity contribution in [3.8, 4) is 11.5 Å². The molecule has 9 heteroatoms. The van der Waals surface area contributed by atoms with E-state index in [2.05, 4.69) is 5.32 Å². The normalized spacial score (nSPS) is 18.4. The van der Waals surface area contributed by atoms with Crippen molar-refractivity contribution in [2.75, 3.05) is 0 Å². The maximum atomic E-state index is 6.20. The van der Waals surface area contributed by atoms with E-state index in [1.807, 2.05) is 0 Å². The van der Waals surface area contributed by atoms with Gasteiger partial charge < -0.3 is 14.8 Å². The highest BCUT2D eigenvalue weighted by Gasteiger charge is 2.34. The largest absolute Gasteiger partial charge is 0.468 e. The minimum atomic E-state index is -1.69. The van der Waals surface area contributed by atoms with Crippen LogP contribution < -0.4 is 14.8 Å². The van der Waals surface area contributed by atoms with E-state index in [4.69, 9.17) is 56.6 Å². The van der Waals surface area contributed by atoms with Crippen LogP contribution in [0, 0.1) is 0 Å². The maximum Gasteiger partial charge on any atom is 0.175 e. The first-order valence-corrected chi connectivity index (χ1v) is 6.44. The highest BCUT2D eigenvalue weighted by atomic mass is 16.7. The number of benzene rings is 1. The second-order valence-corrected chi connectivity index (χ2v) is 5.67. The van der Waals surface area contributed by atoms with Crippen LogP contribution in [0.3, 0.4) is 0 Å². The van der Waals surface area contributed by atoms with Gasteiger partial charge in [0.25, 0.3) is 0 Å². The Hall–Kier alpha value is -0.830. The monoisotopic (exact) mass is 267 g/mol. The molecule has 3 nitrogen and oxygen atoms in total. The highest BCUT2D eigenvalue weighted by molar-refractivity contribution is 6.42. The summed E-state index contributed by atoms with van der Waals surface area (Å²) in [7, 11) is 34.9. The Bertz CT molecular complexity index is 543. The first-order chi connectivity index (χ1) is 9.41. The summed E-state index contributed by atoms with van der Waals surface area (Å²) < 4.78 is 10.5. The molecule has 0 fully saturated rings. The number of hydrogen-bond acceptors (Lipinski definition) is 3. The predicted octanol–water partition coefficient (Wildman–Crippen LogP) is -1.12. The van der Waals surface area contributed by atoms with Crippen molar-refractivity contribution in [1.82, 2.24) is 5.32 Å². The SMILES string of the molecule is [B]C([B])(C)N[C@@H](C)C([B])([B])c1ccc2c(c1)OC([B])([B])O2. The summed E-state index contributed by atoms with van der Waals surface area (Å²) in [5.74, 6) is 0.788. The third kappa shape index (κ3) is 3.68. The maximum absolute atomic E-state index is 6.20. The second-order valence-electron chi connectivity index (χ2n) is 5.67. The Balaban J connectivity index is 2.26. The first-order valence-electron chi connectivity index (χ1n) is 6.44. The van der Waals surface area contributed by atoms with Crippen LogP contribution in [0.1, 0.15) is 19.4 Å². The smallest absolute Gasteiger partial charge is 0.175 e. The Labute approximate surface area is 133 Å². The summed E-state index contributed by atoms with van der Waals surface area (Å²) in [6, 6.07) is 4.54. The van der Waals surface area contributed by atoms with Crippen LogP contribution in [-0.4, -0.2) is 64.0 Å². The lowest BCUT2D eigenvalue weighted by atomic mass is 9.47. The van der Waals surface area contributed by atoms with Gasteiger partial charge >= 0.3 is 0 Å². The van der Waals surface area contributed by atoms with Gasteiger partial charge in [0.1, 0.15) is 0 Å². The Morgan fingerprint density at radius 3 is 2.24 bits per heavy atom. The van der Waals surface area contributed by atoms with Crippen molar-refractivity contribution in [2.45, 2.75) is 36.0 Å². The summed E-state index contributed by atoms with van der Waals surface area (Å²) in [4.78, 5) is 0. The summed E-state index contributed by atoms with van der Waals surface area (Å²) in [5, 5.41) is 0.575. The molecule has 1 aromatic carbocycles. The standard InChI is InChI=1S/C12H11B6NO2/c1-6(19-10(2,13)14)11(15,16)7-3-4-8-9(5-7)21-12(17,18)20-8/h3-6,19H,1-2H3/t6-/m0/s1. The van der Waals surface area contributed by atoms with Crippen molar-refractivity contribution in [3.05, 3.63) is 23.8 Å². The molecule has 0 saturated carbocycles. The quantitative estimate of drug-likeness (QED) is 0.701. The number of hydrogen-bond donors (Lipinski definition) is 1. The molecule has 1 aliphatic rings. The Morgan fingerprint density at radius 2 is 1.67 bits per heavy atom. The zero-order chi connectivity index (χ0) is 16.1. The summed E-state index contributed by atoms with van der Waals surface area (Å²) in [6.07, 6.45) is 0. The third-order valence-electron chi connectivity index (χ3n) is 3.23. The van der Waals surface area contributed by atoms with Crippen LogP contribution in [0.2, 0.25) is 0 Å². The minimum absolute atomic E-state index is 0.369. The molecule has 0 saturated heterocycles. The predicted molar refractivity (Wildman–Crippen MR) is 87.6 cm³/mol. The van der Waals surface area contributed by atoms with E-state index in [0.29, 0.717) is 17.1 Å². The zero-order valence-corrected chi connectivity index (χ0v) is 12.1. The molecule has 0 aliphatic carbocycles. The number of fused-ring (bicyclic) bond motifs is 1. The molecule has 0 spiro atoms. The summed E-state index contributed by atoms with van der Waals surface area (Å²) >= 11 is 0. The average Bonchev–Trinajstić information content (AvgIpc) is 2.59. The van der Waals surface area contributed by atoms with Crippen molar-refractivity contribution < 1.29 is 9.47 Å². The topological polar surface area (TPSA) is 30.5 Å². The fourth-order valence-corrected chi connectivity index (χ4v) is 2.14. The first kappa shape index (κ1) is 16.5. The molecule has 0 bridgehead atoms. The fourth-order valence-electron chi connectivity index (χ4n) is 2.14. The van der Waals surface area contributed by atoms with Crippen molar-refractivity contribution in [3.63, 3.8) is 0 Å². The van der Waals surface area contributed by atoms with E-state index in [1.165, 1.54) is 0 Å². The molecule has 1 heterocycles. The van der Waals surface area contributed by atoms with Crippen LogP contribution in [0.15, 0.2) is 18.2 Å². The van der Waals surface area contributed by atoms with Crippen LogP contribution in [-0.2, 0) is 5.21 Å². The summed E-state index contributed by atoms with van der Waals surface area (Å²) in [6.45, 7) is 3.38. The van der Waals surface area contributed by atoms with Gasteiger partial charge in [0.2, 0.25) is 0 Å². The Morgan fingerprint density at radius 1 is 1.10 bits per heavy atom. The number of rotatable bonds is 4. The van der Waals surface area contributed by atoms with Crippen LogP contribution in [0.5, 0.6) is 11.5 Å². The molecule has 0 amide bonds. The van der Waals surface area contributed by atoms with Gasteiger partial charge in [0.15, 0.2) is 32.8 Å². The van der Waals surface area contributed by atoms with Crippen LogP contribution in [0.4, 0.5) is 0 Å². The molecule has 1 atom stereocenters. The van der Waals surface area contributed by atoms with E-state index >= 15 is 0 Å². The molecule has 1 N–H and O–H groups in total. The zero-order valence-electron chi connectivity index (χ0n) is 12.1.